The molecule has 1 aromatic heterocycles. The van der Waals surface area contributed by atoms with Crippen molar-refractivity contribution in [3.63, 3.8) is 0 Å². The molecule has 1 amide bonds. The fraction of sp³-hybridized carbons (Fsp3) is 0.167. The molecule has 0 saturated carbocycles. The minimum absolute atomic E-state index is 0.0766. The molecule has 0 spiro atoms. The number of carbonyl (C=O) groups excluding carboxylic acids is 1. The van der Waals surface area contributed by atoms with Crippen molar-refractivity contribution in [1.82, 2.24) is 9.78 Å². The molecule has 2 rings (SSSR count). The number of nitrogens with one attached hydrogen (secondary N) is 1. The van der Waals surface area contributed by atoms with Crippen molar-refractivity contribution in [1.29, 1.82) is 0 Å². The predicted octanol–water partition coefficient (Wildman–Crippen LogP) is 2.54. The quantitative estimate of drug-likeness (QED) is 0.695. The number of hydrogen-bond acceptors (Lipinski definition) is 4. The number of nitro groups is 1. The highest BCUT2D eigenvalue weighted by molar-refractivity contribution is 6.31. The maximum absolute atomic E-state index is 12.0. The molecule has 1 N–H and O–H groups in total. The van der Waals surface area contributed by atoms with E-state index in [4.69, 9.17) is 11.6 Å². The van der Waals surface area contributed by atoms with Gasteiger partial charge in [0.05, 0.1) is 4.92 Å². The molecule has 20 heavy (non-hydrogen) atoms. The molecule has 8 heteroatoms. The van der Waals surface area contributed by atoms with Crippen LogP contribution in [0.3, 0.4) is 0 Å². The van der Waals surface area contributed by atoms with Crippen LogP contribution in [0.25, 0.3) is 0 Å². The predicted molar refractivity (Wildman–Crippen MR) is 74.0 cm³/mol. The first-order valence-corrected chi connectivity index (χ1v) is 6.02. The van der Waals surface area contributed by atoms with Crippen molar-refractivity contribution in [3.8, 4) is 0 Å². The molecule has 1 aromatic carbocycles. The van der Waals surface area contributed by atoms with Crippen LogP contribution in [-0.2, 0) is 7.05 Å². The molecule has 0 fully saturated rings. The molecule has 0 saturated heterocycles. The summed E-state index contributed by atoms with van der Waals surface area (Å²) in [6.45, 7) is 1.80. The van der Waals surface area contributed by atoms with Gasteiger partial charge in [0.15, 0.2) is 5.69 Å². The van der Waals surface area contributed by atoms with Crippen LogP contribution in [0.1, 0.15) is 16.2 Å². The number of benzene rings is 1. The lowest BCUT2D eigenvalue weighted by Crippen LogP contribution is -2.14. The van der Waals surface area contributed by atoms with Gasteiger partial charge in [0.25, 0.3) is 11.6 Å². The van der Waals surface area contributed by atoms with Gasteiger partial charge in [-0.1, -0.05) is 11.6 Å². The van der Waals surface area contributed by atoms with Crippen LogP contribution >= 0.6 is 11.6 Å². The first-order valence-electron chi connectivity index (χ1n) is 5.64. The maximum atomic E-state index is 12.0. The summed E-state index contributed by atoms with van der Waals surface area (Å²) >= 11 is 5.71. The Morgan fingerprint density at radius 1 is 1.45 bits per heavy atom. The summed E-state index contributed by atoms with van der Waals surface area (Å²) in [5, 5.41) is 17.6. The third-order valence-electron chi connectivity index (χ3n) is 2.75. The molecule has 2 aromatic rings. The molecule has 0 aliphatic carbocycles. The minimum atomic E-state index is -0.606. The van der Waals surface area contributed by atoms with Gasteiger partial charge in [-0.25, -0.2) is 0 Å². The number of rotatable bonds is 3. The van der Waals surface area contributed by atoms with Crippen LogP contribution in [-0.4, -0.2) is 20.6 Å². The standard InChI is InChI=1S/C12H11ClN4O3/c1-7-5-10(15-16(7)2)12(18)14-9-4-3-8(13)6-11(9)17(19)20/h3-6H,1-2H3,(H,14,18). The topological polar surface area (TPSA) is 90.1 Å². The Morgan fingerprint density at radius 3 is 2.70 bits per heavy atom. The van der Waals surface area contributed by atoms with Gasteiger partial charge in [-0.3, -0.25) is 19.6 Å². The molecule has 1 heterocycles. The zero-order chi connectivity index (χ0) is 14.9. The maximum Gasteiger partial charge on any atom is 0.294 e. The van der Waals surface area contributed by atoms with E-state index in [1.54, 1.807) is 24.7 Å². The van der Waals surface area contributed by atoms with E-state index in [2.05, 4.69) is 10.4 Å². The third kappa shape index (κ3) is 2.77. The van der Waals surface area contributed by atoms with Crippen molar-refractivity contribution in [3.05, 3.63) is 50.8 Å². The summed E-state index contributed by atoms with van der Waals surface area (Å²) in [7, 11) is 1.71. The lowest BCUT2D eigenvalue weighted by atomic mass is 10.2. The number of hydrogen-bond donors (Lipinski definition) is 1. The molecule has 0 unspecified atom stereocenters. The summed E-state index contributed by atoms with van der Waals surface area (Å²) in [4.78, 5) is 22.3. The number of nitro benzene ring substituents is 1. The number of anilines is 1. The van der Waals surface area contributed by atoms with Gasteiger partial charge in [0.1, 0.15) is 5.69 Å². The average Bonchev–Trinajstić information content (AvgIpc) is 2.71. The smallest absolute Gasteiger partial charge is 0.294 e. The summed E-state index contributed by atoms with van der Waals surface area (Å²) in [6, 6.07) is 5.62. The number of aromatic nitrogens is 2. The second-order valence-electron chi connectivity index (χ2n) is 4.17. The Labute approximate surface area is 119 Å². The second-order valence-corrected chi connectivity index (χ2v) is 4.60. The van der Waals surface area contributed by atoms with Crippen molar-refractivity contribution < 1.29 is 9.72 Å². The van der Waals surface area contributed by atoms with Gasteiger partial charge in [-0.2, -0.15) is 5.10 Å². The van der Waals surface area contributed by atoms with Gasteiger partial charge >= 0.3 is 0 Å². The fourth-order valence-corrected chi connectivity index (χ4v) is 1.79. The zero-order valence-electron chi connectivity index (χ0n) is 10.8. The number of aryl methyl sites for hydroxylation is 2. The summed E-state index contributed by atoms with van der Waals surface area (Å²) < 4.78 is 1.55. The van der Waals surface area contributed by atoms with Crippen LogP contribution in [0.15, 0.2) is 24.3 Å². The zero-order valence-corrected chi connectivity index (χ0v) is 11.5. The highest BCUT2D eigenvalue weighted by Crippen LogP contribution is 2.28. The van der Waals surface area contributed by atoms with E-state index in [-0.39, 0.29) is 22.1 Å². The second kappa shape index (κ2) is 5.30. The minimum Gasteiger partial charge on any atom is -0.315 e. The van der Waals surface area contributed by atoms with E-state index in [1.165, 1.54) is 18.2 Å². The average molecular weight is 295 g/mol. The molecule has 0 aliphatic rings. The Bertz CT molecular complexity index is 677. The molecule has 0 aliphatic heterocycles. The van der Waals surface area contributed by atoms with Gasteiger partial charge in [0, 0.05) is 23.8 Å². The van der Waals surface area contributed by atoms with Crippen LogP contribution < -0.4 is 5.32 Å². The van der Waals surface area contributed by atoms with E-state index in [1.807, 2.05) is 0 Å². The third-order valence-corrected chi connectivity index (χ3v) is 2.99. The number of carbonyl (C=O) groups is 1. The Morgan fingerprint density at radius 2 is 2.15 bits per heavy atom. The summed E-state index contributed by atoms with van der Waals surface area (Å²) in [6.07, 6.45) is 0. The number of halogens is 1. The molecule has 0 atom stereocenters. The first kappa shape index (κ1) is 14.0. The van der Waals surface area contributed by atoms with Gasteiger partial charge in [-0.15, -0.1) is 0 Å². The largest absolute Gasteiger partial charge is 0.315 e. The first-order chi connectivity index (χ1) is 9.38. The van der Waals surface area contributed by atoms with E-state index < -0.39 is 10.8 Å². The van der Waals surface area contributed by atoms with Crippen LogP contribution in [0, 0.1) is 17.0 Å². The Balaban J connectivity index is 2.30. The Kier molecular flexibility index (Phi) is 3.71. The Hall–Kier alpha value is -2.41. The van der Waals surface area contributed by atoms with Crippen molar-refractivity contribution in [2.24, 2.45) is 7.05 Å². The highest BCUT2D eigenvalue weighted by atomic mass is 35.5. The van der Waals surface area contributed by atoms with Crippen molar-refractivity contribution in [2.75, 3.05) is 5.32 Å². The van der Waals surface area contributed by atoms with Crippen molar-refractivity contribution in [2.45, 2.75) is 6.92 Å². The van der Waals surface area contributed by atoms with Crippen LogP contribution in [0.5, 0.6) is 0 Å². The number of nitrogens with zero attached hydrogens (tertiary/aromatic N) is 3. The fourth-order valence-electron chi connectivity index (χ4n) is 1.62. The lowest BCUT2D eigenvalue weighted by Gasteiger charge is -2.04. The van der Waals surface area contributed by atoms with Gasteiger partial charge in [0.2, 0.25) is 0 Å². The van der Waals surface area contributed by atoms with E-state index >= 15 is 0 Å². The summed E-state index contributed by atoms with van der Waals surface area (Å²) in [5.41, 5.74) is 0.807. The van der Waals surface area contributed by atoms with Gasteiger partial charge < -0.3 is 5.32 Å². The SMILES string of the molecule is Cc1cc(C(=O)Nc2ccc(Cl)cc2[N+](=O)[O-])nn1C. The number of amides is 1. The molecular weight excluding hydrogens is 284 g/mol. The monoisotopic (exact) mass is 294 g/mol. The highest BCUT2D eigenvalue weighted by Gasteiger charge is 2.18. The van der Waals surface area contributed by atoms with Crippen molar-refractivity contribution >= 4 is 28.9 Å². The molecule has 0 bridgehead atoms. The lowest BCUT2D eigenvalue weighted by molar-refractivity contribution is -0.383. The molecule has 104 valence electrons. The molecule has 0 radical (unpaired) electrons. The van der Waals surface area contributed by atoms with E-state index in [0.29, 0.717) is 0 Å². The van der Waals surface area contributed by atoms with Crippen LogP contribution in [0.4, 0.5) is 11.4 Å². The molecular formula is C12H11ClN4O3. The summed E-state index contributed by atoms with van der Waals surface area (Å²) in [5.74, 6) is -0.515. The normalized spacial score (nSPS) is 10.3. The van der Waals surface area contributed by atoms with E-state index in [0.717, 1.165) is 5.69 Å². The molecule has 7 nitrogen and oxygen atoms in total. The van der Waals surface area contributed by atoms with Crippen LogP contribution in [0.2, 0.25) is 5.02 Å². The van der Waals surface area contributed by atoms with Gasteiger partial charge in [-0.05, 0) is 25.1 Å². The van der Waals surface area contributed by atoms with E-state index in [9.17, 15) is 14.9 Å².